The predicted molar refractivity (Wildman–Crippen MR) is 59.9 cm³/mol. The van der Waals surface area contributed by atoms with E-state index >= 15 is 0 Å². The first-order valence-electron chi connectivity index (χ1n) is 4.37. The molecule has 5 heteroatoms. The summed E-state index contributed by atoms with van der Waals surface area (Å²) in [5.74, 6) is 0.356. The second-order valence-corrected chi connectivity index (χ2v) is 2.83. The van der Waals surface area contributed by atoms with Crippen molar-refractivity contribution in [3.8, 4) is 0 Å². The Balaban J connectivity index is 2.56. The van der Waals surface area contributed by atoms with Gasteiger partial charge >= 0.3 is 6.03 Å². The van der Waals surface area contributed by atoms with Crippen molar-refractivity contribution in [1.29, 1.82) is 0 Å². The van der Waals surface area contributed by atoms with Crippen LogP contribution in [-0.4, -0.2) is 18.1 Å². The van der Waals surface area contributed by atoms with E-state index in [1.165, 1.54) is 0 Å². The number of urea groups is 1. The molecule has 1 rings (SSSR count). The van der Waals surface area contributed by atoms with Crippen molar-refractivity contribution < 1.29 is 4.79 Å². The third-order valence-electron chi connectivity index (χ3n) is 1.52. The fourth-order valence-corrected chi connectivity index (χ4v) is 0.925. The molecule has 0 saturated heterocycles. The van der Waals surface area contributed by atoms with Gasteiger partial charge in [-0.2, -0.15) is 5.10 Å². The van der Waals surface area contributed by atoms with Crippen molar-refractivity contribution in [2.24, 2.45) is 15.9 Å². The number of hydrogen-bond donors (Lipinski definition) is 2. The van der Waals surface area contributed by atoms with Gasteiger partial charge in [0.15, 0.2) is 0 Å². The highest BCUT2D eigenvalue weighted by Crippen LogP contribution is 1.93. The molecule has 0 heterocycles. The van der Waals surface area contributed by atoms with Crippen LogP contribution < -0.4 is 11.1 Å². The highest BCUT2D eigenvalue weighted by Gasteiger charge is 1.92. The van der Waals surface area contributed by atoms with Crippen molar-refractivity contribution in [1.82, 2.24) is 5.32 Å². The fraction of sp³-hybridized carbons (Fsp3) is 0.100. The van der Waals surface area contributed by atoms with E-state index in [2.05, 4.69) is 15.5 Å². The minimum atomic E-state index is -0.647. The summed E-state index contributed by atoms with van der Waals surface area (Å²) in [6.07, 6.45) is 1.59. The first-order chi connectivity index (χ1) is 7.18. The van der Waals surface area contributed by atoms with Crippen LogP contribution in [0.1, 0.15) is 12.5 Å². The number of carbonyl (C=O) groups is 1. The van der Waals surface area contributed by atoms with Gasteiger partial charge in [-0.3, -0.25) is 5.32 Å². The van der Waals surface area contributed by atoms with Gasteiger partial charge in [-0.25, -0.2) is 4.79 Å². The van der Waals surface area contributed by atoms with Crippen molar-refractivity contribution in [3.05, 3.63) is 35.9 Å². The van der Waals surface area contributed by atoms with Gasteiger partial charge in [0.25, 0.3) is 0 Å². The highest BCUT2D eigenvalue weighted by molar-refractivity contribution is 5.95. The Morgan fingerprint density at radius 1 is 1.40 bits per heavy atom. The van der Waals surface area contributed by atoms with Crippen LogP contribution in [0.3, 0.4) is 0 Å². The zero-order valence-corrected chi connectivity index (χ0v) is 8.34. The van der Waals surface area contributed by atoms with Crippen LogP contribution in [0.5, 0.6) is 0 Å². The molecule has 0 spiro atoms. The number of amidine groups is 1. The predicted octanol–water partition coefficient (Wildman–Crippen LogP) is 1.11. The molecule has 5 nitrogen and oxygen atoms in total. The van der Waals surface area contributed by atoms with Crippen molar-refractivity contribution in [2.75, 3.05) is 0 Å². The smallest absolute Gasteiger partial charge is 0.317 e. The van der Waals surface area contributed by atoms with Gasteiger partial charge in [0.1, 0.15) is 5.84 Å². The van der Waals surface area contributed by atoms with Crippen LogP contribution in [0.25, 0.3) is 0 Å². The summed E-state index contributed by atoms with van der Waals surface area (Å²) in [5.41, 5.74) is 5.83. The molecule has 0 aliphatic carbocycles. The van der Waals surface area contributed by atoms with Crippen molar-refractivity contribution in [2.45, 2.75) is 6.92 Å². The Kier molecular flexibility index (Phi) is 4.03. The number of rotatable bonds is 2. The first kappa shape index (κ1) is 10.9. The van der Waals surface area contributed by atoms with E-state index in [0.29, 0.717) is 5.84 Å². The number of primary amides is 1. The molecule has 0 saturated carbocycles. The van der Waals surface area contributed by atoms with Gasteiger partial charge in [0, 0.05) is 0 Å². The molecule has 0 aromatic heterocycles. The van der Waals surface area contributed by atoms with Crippen molar-refractivity contribution >= 4 is 18.1 Å². The van der Waals surface area contributed by atoms with Crippen LogP contribution in [-0.2, 0) is 0 Å². The summed E-state index contributed by atoms with van der Waals surface area (Å²) in [7, 11) is 0. The van der Waals surface area contributed by atoms with Crippen LogP contribution >= 0.6 is 0 Å². The van der Waals surface area contributed by atoms with E-state index in [4.69, 9.17) is 5.73 Å². The SMILES string of the molecule is C/C(=N\N=C\c1ccccc1)NC(N)=O. The number of nitrogens with zero attached hydrogens (tertiary/aromatic N) is 2. The van der Waals surface area contributed by atoms with E-state index in [0.717, 1.165) is 5.56 Å². The molecule has 2 amide bonds. The molecular formula is C10H12N4O. The molecule has 0 atom stereocenters. The number of hydrogen-bond acceptors (Lipinski definition) is 3. The molecule has 1 aromatic carbocycles. The van der Waals surface area contributed by atoms with Crippen LogP contribution in [0, 0.1) is 0 Å². The lowest BCUT2D eigenvalue weighted by Gasteiger charge is -1.95. The van der Waals surface area contributed by atoms with E-state index in [-0.39, 0.29) is 0 Å². The van der Waals surface area contributed by atoms with Crippen molar-refractivity contribution in [3.63, 3.8) is 0 Å². The molecule has 0 fully saturated rings. The van der Waals surface area contributed by atoms with Gasteiger partial charge < -0.3 is 5.73 Å². The topological polar surface area (TPSA) is 79.8 Å². The Bertz CT molecular complexity index is 384. The van der Waals surface area contributed by atoms with Crippen LogP contribution in [0.2, 0.25) is 0 Å². The number of nitrogens with two attached hydrogens (primary N) is 1. The summed E-state index contributed by atoms with van der Waals surface area (Å²) >= 11 is 0. The zero-order valence-electron chi connectivity index (χ0n) is 8.34. The van der Waals surface area contributed by atoms with E-state index in [9.17, 15) is 4.79 Å². The lowest BCUT2D eigenvalue weighted by atomic mass is 10.2. The Labute approximate surface area is 87.7 Å². The van der Waals surface area contributed by atoms with Crippen LogP contribution in [0.4, 0.5) is 4.79 Å². The summed E-state index contributed by atoms with van der Waals surface area (Å²) in [6.45, 7) is 1.60. The molecule has 78 valence electrons. The molecule has 15 heavy (non-hydrogen) atoms. The van der Waals surface area contributed by atoms with E-state index in [1.807, 2.05) is 30.3 Å². The summed E-state index contributed by atoms with van der Waals surface area (Å²) in [4.78, 5) is 10.4. The maximum absolute atomic E-state index is 10.4. The molecule has 0 unspecified atom stereocenters. The molecule has 0 bridgehead atoms. The summed E-state index contributed by atoms with van der Waals surface area (Å²) < 4.78 is 0. The molecular weight excluding hydrogens is 192 g/mol. The quantitative estimate of drug-likeness (QED) is 0.422. The average Bonchev–Trinajstić information content (AvgIpc) is 2.18. The number of nitrogens with one attached hydrogen (secondary N) is 1. The van der Waals surface area contributed by atoms with Gasteiger partial charge in [-0.1, -0.05) is 30.3 Å². The Morgan fingerprint density at radius 3 is 2.67 bits per heavy atom. The minimum Gasteiger partial charge on any atom is -0.351 e. The van der Waals surface area contributed by atoms with Gasteiger partial charge in [-0.15, -0.1) is 5.10 Å². The summed E-state index contributed by atoms with van der Waals surface area (Å²) in [6, 6.07) is 8.87. The number of carbonyl (C=O) groups excluding carboxylic acids is 1. The molecule has 3 N–H and O–H groups in total. The van der Waals surface area contributed by atoms with E-state index in [1.54, 1.807) is 13.1 Å². The zero-order chi connectivity index (χ0) is 11.1. The second-order valence-electron chi connectivity index (χ2n) is 2.83. The van der Waals surface area contributed by atoms with Gasteiger partial charge in [0.05, 0.1) is 6.21 Å². The first-order valence-corrected chi connectivity index (χ1v) is 4.37. The Morgan fingerprint density at radius 2 is 2.07 bits per heavy atom. The normalized spacial score (nSPS) is 11.7. The maximum Gasteiger partial charge on any atom is 0.317 e. The summed E-state index contributed by atoms with van der Waals surface area (Å²) in [5, 5.41) is 9.83. The maximum atomic E-state index is 10.4. The molecule has 0 radical (unpaired) electrons. The lowest BCUT2D eigenvalue weighted by Crippen LogP contribution is -2.33. The average molecular weight is 204 g/mol. The molecule has 0 aliphatic rings. The van der Waals surface area contributed by atoms with E-state index < -0.39 is 6.03 Å². The van der Waals surface area contributed by atoms with Gasteiger partial charge in [-0.05, 0) is 12.5 Å². The third-order valence-corrected chi connectivity index (χ3v) is 1.52. The monoisotopic (exact) mass is 204 g/mol. The Hall–Kier alpha value is -2.17. The molecule has 0 aliphatic heterocycles. The van der Waals surface area contributed by atoms with Crippen LogP contribution in [0.15, 0.2) is 40.5 Å². The highest BCUT2D eigenvalue weighted by atomic mass is 16.2. The number of benzene rings is 1. The lowest BCUT2D eigenvalue weighted by molar-refractivity contribution is 0.253. The fourth-order valence-electron chi connectivity index (χ4n) is 0.925. The third kappa shape index (κ3) is 4.56. The minimum absolute atomic E-state index is 0.356. The second kappa shape index (κ2) is 5.54. The standard InChI is InChI=1S/C10H12N4O/c1-8(13-10(11)15)14-12-7-9-5-3-2-4-6-9/h2-7H,1H3,(H3,11,13,14,15)/b12-7+. The largest absolute Gasteiger partial charge is 0.351 e. The number of amides is 2. The molecule has 1 aromatic rings. The van der Waals surface area contributed by atoms with Gasteiger partial charge in [0.2, 0.25) is 0 Å².